The highest BCUT2D eigenvalue weighted by Crippen LogP contribution is 2.27. The molecule has 2 aromatic rings. The van der Waals surface area contributed by atoms with Gasteiger partial charge in [0.2, 0.25) is 0 Å². The molecule has 5 nitrogen and oxygen atoms in total. The molecule has 2 atom stereocenters. The van der Waals surface area contributed by atoms with E-state index in [9.17, 15) is 4.79 Å². The van der Waals surface area contributed by atoms with Crippen molar-refractivity contribution in [1.82, 2.24) is 15.8 Å². The Balaban J connectivity index is 1.44. The van der Waals surface area contributed by atoms with E-state index in [1.165, 1.54) is 12.8 Å². The van der Waals surface area contributed by atoms with E-state index < -0.39 is 0 Å². The maximum atomic E-state index is 12.4. The monoisotopic (exact) mass is 331 g/mol. The fourth-order valence-corrected chi connectivity index (χ4v) is 3.69. The van der Waals surface area contributed by atoms with Crippen LogP contribution in [0.1, 0.15) is 36.2 Å². The Labute approximate surface area is 139 Å². The predicted octanol–water partition coefficient (Wildman–Crippen LogP) is 3.01. The van der Waals surface area contributed by atoms with Crippen molar-refractivity contribution in [1.29, 1.82) is 0 Å². The molecular formula is C17H18ClN3O2. The van der Waals surface area contributed by atoms with Crippen molar-refractivity contribution in [2.24, 2.45) is 0 Å². The number of nitrogens with one attached hydrogen (secondary N) is 2. The zero-order chi connectivity index (χ0) is 15.8. The molecule has 120 valence electrons. The summed E-state index contributed by atoms with van der Waals surface area (Å²) in [6, 6.07) is 10.2. The molecule has 2 N–H and O–H groups in total. The van der Waals surface area contributed by atoms with Crippen molar-refractivity contribution in [3.8, 4) is 11.3 Å². The van der Waals surface area contributed by atoms with Crippen molar-refractivity contribution in [2.45, 2.75) is 43.8 Å². The predicted molar refractivity (Wildman–Crippen MR) is 87.4 cm³/mol. The van der Waals surface area contributed by atoms with Gasteiger partial charge in [-0.2, -0.15) is 0 Å². The van der Waals surface area contributed by atoms with Gasteiger partial charge in [-0.05, 0) is 49.9 Å². The number of fused-ring (bicyclic) bond motifs is 2. The third-order valence-corrected chi connectivity index (χ3v) is 4.93. The van der Waals surface area contributed by atoms with Crippen LogP contribution in [-0.2, 0) is 0 Å². The van der Waals surface area contributed by atoms with Crippen molar-refractivity contribution in [3.63, 3.8) is 0 Å². The van der Waals surface area contributed by atoms with E-state index in [-0.39, 0.29) is 11.9 Å². The van der Waals surface area contributed by atoms with Gasteiger partial charge in [0.1, 0.15) is 0 Å². The second kappa shape index (κ2) is 5.98. The van der Waals surface area contributed by atoms with Crippen molar-refractivity contribution >= 4 is 17.5 Å². The average Bonchev–Trinajstić information content (AvgIpc) is 3.15. The van der Waals surface area contributed by atoms with E-state index >= 15 is 0 Å². The van der Waals surface area contributed by atoms with Crippen molar-refractivity contribution in [3.05, 3.63) is 41.0 Å². The zero-order valence-electron chi connectivity index (χ0n) is 12.6. The molecule has 0 spiro atoms. The van der Waals surface area contributed by atoms with E-state index in [0.29, 0.717) is 28.6 Å². The molecule has 0 saturated carbocycles. The maximum Gasteiger partial charge on any atom is 0.273 e. The van der Waals surface area contributed by atoms with Crippen LogP contribution < -0.4 is 10.6 Å². The molecular weight excluding hydrogens is 314 g/mol. The van der Waals surface area contributed by atoms with Crippen LogP contribution in [0.25, 0.3) is 11.3 Å². The molecule has 1 aromatic heterocycles. The fourth-order valence-electron chi connectivity index (χ4n) is 3.57. The molecule has 3 heterocycles. The molecule has 1 amide bonds. The van der Waals surface area contributed by atoms with E-state index in [1.807, 2.05) is 12.1 Å². The third kappa shape index (κ3) is 3.12. The highest BCUT2D eigenvalue weighted by Gasteiger charge is 2.34. The topological polar surface area (TPSA) is 67.2 Å². The molecule has 6 heteroatoms. The summed E-state index contributed by atoms with van der Waals surface area (Å²) in [6.45, 7) is 0. The van der Waals surface area contributed by atoms with Crippen LogP contribution in [0.3, 0.4) is 0 Å². The minimum atomic E-state index is -0.166. The molecule has 0 radical (unpaired) electrons. The van der Waals surface area contributed by atoms with Crippen LogP contribution in [0.5, 0.6) is 0 Å². The van der Waals surface area contributed by atoms with Crippen LogP contribution in [0.15, 0.2) is 34.9 Å². The SMILES string of the molecule is O=C(NC1CC2CCC(C1)N2)c1cc(-c2ccc(Cl)cc2)on1. The first-order valence-corrected chi connectivity index (χ1v) is 8.35. The average molecular weight is 332 g/mol. The Hall–Kier alpha value is -1.85. The largest absolute Gasteiger partial charge is 0.355 e. The summed E-state index contributed by atoms with van der Waals surface area (Å²) < 4.78 is 5.29. The smallest absolute Gasteiger partial charge is 0.273 e. The number of aromatic nitrogens is 1. The van der Waals surface area contributed by atoms with Gasteiger partial charge in [0.05, 0.1) is 0 Å². The van der Waals surface area contributed by atoms with Gasteiger partial charge in [-0.25, -0.2) is 0 Å². The van der Waals surface area contributed by atoms with Gasteiger partial charge in [-0.3, -0.25) is 4.79 Å². The highest BCUT2D eigenvalue weighted by atomic mass is 35.5. The Kier molecular flexibility index (Phi) is 3.83. The summed E-state index contributed by atoms with van der Waals surface area (Å²) in [4.78, 5) is 12.4. The lowest BCUT2D eigenvalue weighted by Crippen LogP contribution is -2.48. The summed E-state index contributed by atoms with van der Waals surface area (Å²) in [6.07, 6.45) is 4.40. The number of carbonyl (C=O) groups excluding carboxylic acids is 1. The lowest BCUT2D eigenvalue weighted by molar-refractivity contribution is 0.0915. The van der Waals surface area contributed by atoms with Crippen LogP contribution in [0.4, 0.5) is 0 Å². The Morgan fingerprint density at radius 3 is 2.61 bits per heavy atom. The van der Waals surface area contributed by atoms with E-state index in [1.54, 1.807) is 18.2 Å². The lowest BCUT2D eigenvalue weighted by Gasteiger charge is -2.29. The molecule has 0 aliphatic carbocycles. The van der Waals surface area contributed by atoms with Crippen LogP contribution in [0, 0.1) is 0 Å². The summed E-state index contributed by atoms with van der Waals surface area (Å²) in [5.74, 6) is 0.400. The molecule has 2 aliphatic heterocycles. The number of hydrogen-bond donors (Lipinski definition) is 2. The fraction of sp³-hybridized carbons (Fsp3) is 0.412. The molecule has 23 heavy (non-hydrogen) atoms. The molecule has 1 aromatic carbocycles. The van der Waals surface area contributed by atoms with Gasteiger partial charge >= 0.3 is 0 Å². The minimum absolute atomic E-state index is 0.166. The molecule has 2 aliphatic rings. The van der Waals surface area contributed by atoms with Gasteiger partial charge < -0.3 is 15.2 Å². The standard InChI is InChI=1S/C17H18ClN3O2/c18-11-3-1-10(2-4-11)16-9-15(21-23-16)17(22)20-14-7-12-5-6-13(8-14)19-12/h1-4,9,12-14,19H,5-8H2,(H,20,22). The van der Waals surface area contributed by atoms with Crippen LogP contribution >= 0.6 is 11.6 Å². The lowest BCUT2D eigenvalue weighted by atomic mass is 10.00. The minimum Gasteiger partial charge on any atom is -0.355 e. The van der Waals surface area contributed by atoms with E-state index in [0.717, 1.165) is 18.4 Å². The third-order valence-electron chi connectivity index (χ3n) is 4.68. The normalized spacial score (nSPS) is 26.2. The summed E-state index contributed by atoms with van der Waals surface area (Å²) >= 11 is 5.88. The molecule has 2 unspecified atom stereocenters. The summed E-state index contributed by atoms with van der Waals surface area (Å²) in [7, 11) is 0. The number of piperidine rings is 1. The van der Waals surface area contributed by atoms with E-state index in [4.69, 9.17) is 16.1 Å². The maximum absolute atomic E-state index is 12.4. The molecule has 2 fully saturated rings. The quantitative estimate of drug-likeness (QED) is 0.907. The van der Waals surface area contributed by atoms with Gasteiger partial charge in [-0.1, -0.05) is 16.8 Å². The van der Waals surface area contributed by atoms with Crippen LogP contribution in [0.2, 0.25) is 5.02 Å². The van der Waals surface area contributed by atoms with Crippen molar-refractivity contribution in [2.75, 3.05) is 0 Å². The first-order chi connectivity index (χ1) is 11.2. The first kappa shape index (κ1) is 14.7. The number of amides is 1. The zero-order valence-corrected chi connectivity index (χ0v) is 13.3. The highest BCUT2D eigenvalue weighted by molar-refractivity contribution is 6.30. The number of halogens is 1. The van der Waals surface area contributed by atoms with Gasteiger partial charge in [0.15, 0.2) is 11.5 Å². The Morgan fingerprint density at radius 1 is 1.22 bits per heavy atom. The van der Waals surface area contributed by atoms with Gasteiger partial charge in [0, 0.05) is 34.8 Å². The summed E-state index contributed by atoms with van der Waals surface area (Å²) in [5, 5.41) is 11.2. The first-order valence-electron chi connectivity index (χ1n) is 7.97. The number of nitrogens with zero attached hydrogens (tertiary/aromatic N) is 1. The van der Waals surface area contributed by atoms with Crippen molar-refractivity contribution < 1.29 is 9.32 Å². The molecule has 2 saturated heterocycles. The van der Waals surface area contributed by atoms with E-state index in [2.05, 4.69) is 15.8 Å². The van der Waals surface area contributed by atoms with Crippen LogP contribution in [-0.4, -0.2) is 29.2 Å². The van der Waals surface area contributed by atoms with Gasteiger partial charge in [0.25, 0.3) is 5.91 Å². The summed E-state index contributed by atoms with van der Waals surface area (Å²) in [5.41, 5.74) is 1.17. The number of hydrogen-bond acceptors (Lipinski definition) is 4. The number of benzene rings is 1. The van der Waals surface area contributed by atoms with Gasteiger partial charge in [-0.15, -0.1) is 0 Å². The Bertz CT molecular complexity index is 701. The number of carbonyl (C=O) groups is 1. The Morgan fingerprint density at radius 2 is 1.91 bits per heavy atom. The second-order valence-electron chi connectivity index (χ2n) is 6.36. The number of rotatable bonds is 3. The molecule has 4 rings (SSSR count). The second-order valence-corrected chi connectivity index (χ2v) is 6.80. The molecule has 2 bridgehead atoms.